The molecular weight excluding hydrogens is 310 g/mol. The van der Waals surface area contributed by atoms with Crippen molar-refractivity contribution >= 4 is 18.3 Å². The van der Waals surface area contributed by atoms with Crippen molar-refractivity contribution in [2.75, 3.05) is 32.7 Å². The van der Waals surface area contributed by atoms with Crippen LogP contribution in [0.1, 0.15) is 37.8 Å². The van der Waals surface area contributed by atoms with Crippen molar-refractivity contribution in [1.29, 1.82) is 0 Å². The average molecular weight is 340 g/mol. The molecule has 1 fully saturated rings. The second-order valence-corrected chi connectivity index (χ2v) is 6.52. The van der Waals surface area contributed by atoms with Crippen LogP contribution in [0.25, 0.3) is 0 Å². The summed E-state index contributed by atoms with van der Waals surface area (Å²) in [5.41, 5.74) is 2.64. The summed E-state index contributed by atoms with van der Waals surface area (Å²) in [6.07, 6.45) is 0.890. The fourth-order valence-electron chi connectivity index (χ4n) is 2.77. The first kappa shape index (κ1) is 19.9. The molecule has 1 amide bonds. The third kappa shape index (κ3) is 6.50. The molecule has 0 aromatic heterocycles. The van der Waals surface area contributed by atoms with Crippen LogP contribution in [0.4, 0.5) is 0 Å². The summed E-state index contributed by atoms with van der Waals surface area (Å²) < 4.78 is 0. The molecule has 2 N–H and O–H groups in total. The summed E-state index contributed by atoms with van der Waals surface area (Å²) in [5, 5.41) is 6.38. The van der Waals surface area contributed by atoms with Gasteiger partial charge in [-0.3, -0.25) is 9.69 Å². The number of nitrogens with one attached hydrogen (secondary N) is 2. The number of carbonyl (C=O) groups is 1. The maximum absolute atomic E-state index is 12.0. The van der Waals surface area contributed by atoms with Crippen molar-refractivity contribution in [3.8, 4) is 0 Å². The number of carbonyl (C=O) groups excluding carboxylic acids is 1. The van der Waals surface area contributed by atoms with Gasteiger partial charge in [0.25, 0.3) is 0 Å². The van der Waals surface area contributed by atoms with Gasteiger partial charge in [0.15, 0.2) is 0 Å². The Morgan fingerprint density at radius 1 is 1.35 bits per heavy atom. The second kappa shape index (κ2) is 9.91. The van der Waals surface area contributed by atoms with Crippen molar-refractivity contribution in [1.82, 2.24) is 15.5 Å². The molecule has 23 heavy (non-hydrogen) atoms. The highest BCUT2D eigenvalue weighted by Crippen LogP contribution is 2.14. The summed E-state index contributed by atoms with van der Waals surface area (Å²) in [7, 11) is 0. The zero-order chi connectivity index (χ0) is 15.9. The lowest BCUT2D eigenvalue weighted by atomic mass is 10.0. The topological polar surface area (TPSA) is 44.4 Å². The maximum Gasteiger partial charge on any atom is 0.234 e. The zero-order valence-corrected chi connectivity index (χ0v) is 15.3. The van der Waals surface area contributed by atoms with Crippen LogP contribution in [0, 0.1) is 0 Å². The molecule has 1 aliphatic rings. The summed E-state index contributed by atoms with van der Waals surface area (Å²) >= 11 is 0. The van der Waals surface area contributed by atoms with Crippen LogP contribution in [0.3, 0.4) is 0 Å². The molecule has 0 unspecified atom stereocenters. The van der Waals surface area contributed by atoms with Gasteiger partial charge < -0.3 is 10.6 Å². The number of piperazine rings is 1. The smallest absolute Gasteiger partial charge is 0.234 e. The van der Waals surface area contributed by atoms with Gasteiger partial charge >= 0.3 is 0 Å². The highest BCUT2D eigenvalue weighted by molar-refractivity contribution is 5.85. The maximum atomic E-state index is 12.0. The number of halogens is 1. The number of benzene rings is 1. The van der Waals surface area contributed by atoms with Gasteiger partial charge in [-0.05, 0) is 30.4 Å². The lowest BCUT2D eigenvalue weighted by Crippen LogP contribution is -2.52. The normalized spacial score (nSPS) is 18.5. The number of hydrogen-bond donors (Lipinski definition) is 2. The largest absolute Gasteiger partial charge is 0.355 e. The first-order chi connectivity index (χ1) is 10.6. The number of nitrogens with zero attached hydrogens (tertiary/aromatic N) is 1. The minimum absolute atomic E-state index is 0. The average Bonchev–Trinajstić information content (AvgIpc) is 2.50. The van der Waals surface area contributed by atoms with E-state index in [-0.39, 0.29) is 18.3 Å². The molecule has 0 aliphatic carbocycles. The van der Waals surface area contributed by atoms with Crippen LogP contribution >= 0.6 is 12.4 Å². The highest BCUT2D eigenvalue weighted by Gasteiger charge is 2.19. The molecule has 1 aliphatic heterocycles. The Kier molecular flexibility index (Phi) is 8.59. The minimum Gasteiger partial charge on any atom is -0.355 e. The molecular formula is C18H30ClN3O. The lowest BCUT2D eigenvalue weighted by Gasteiger charge is -2.33. The molecule has 2 rings (SSSR count). The molecule has 1 atom stereocenters. The zero-order valence-electron chi connectivity index (χ0n) is 14.5. The molecule has 0 saturated carbocycles. The fourth-order valence-corrected chi connectivity index (χ4v) is 2.77. The molecule has 5 heteroatoms. The van der Waals surface area contributed by atoms with Gasteiger partial charge in [0.05, 0.1) is 6.54 Å². The van der Waals surface area contributed by atoms with Crippen LogP contribution < -0.4 is 10.6 Å². The van der Waals surface area contributed by atoms with Crippen molar-refractivity contribution in [3.05, 3.63) is 35.4 Å². The van der Waals surface area contributed by atoms with Crippen LogP contribution in [0.15, 0.2) is 24.3 Å². The Morgan fingerprint density at radius 2 is 2.04 bits per heavy atom. The van der Waals surface area contributed by atoms with Crippen molar-refractivity contribution in [3.63, 3.8) is 0 Å². The Bertz CT molecular complexity index is 476. The predicted octanol–water partition coefficient (Wildman–Crippen LogP) is 2.18. The standard InChI is InChI=1S/C18H29N3O.ClH/c1-14(2)17-6-4-16(5-7-17)8-9-20-18(22)13-21-11-10-19-12-15(21)3;/h4-7,14-15,19H,8-13H2,1-3H3,(H,20,22);1H/t15-;/m1./s1. The molecule has 1 aromatic carbocycles. The van der Waals surface area contributed by atoms with Crippen molar-refractivity contribution in [2.45, 2.75) is 39.2 Å². The Balaban J connectivity index is 0.00000264. The third-order valence-corrected chi connectivity index (χ3v) is 4.37. The quantitative estimate of drug-likeness (QED) is 0.835. The Morgan fingerprint density at radius 3 is 2.65 bits per heavy atom. The SMILES string of the molecule is CC(C)c1ccc(CCNC(=O)CN2CCNC[C@H]2C)cc1.Cl. The van der Waals surface area contributed by atoms with Gasteiger partial charge in [0, 0.05) is 32.2 Å². The van der Waals surface area contributed by atoms with Gasteiger partial charge in [-0.15, -0.1) is 12.4 Å². The van der Waals surface area contributed by atoms with Crippen LogP contribution in [0.5, 0.6) is 0 Å². The van der Waals surface area contributed by atoms with E-state index >= 15 is 0 Å². The Labute approximate surface area is 146 Å². The molecule has 0 spiro atoms. The molecule has 4 nitrogen and oxygen atoms in total. The van der Waals surface area contributed by atoms with E-state index in [1.165, 1.54) is 11.1 Å². The second-order valence-electron chi connectivity index (χ2n) is 6.52. The van der Waals surface area contributed by atoms with E-state index in [4.69, 9.17) is 0 Å². The van der Waals surface area contributed by atoms with Crippen LogP contribution in [-0.4, -0.2) is 49.6 Å². The van der Waals surface area contributed by atoms with Gasteiger partial charge in [-0.2, -0.15) is 0 Å². The van der Waals surface area contributed by atoms with Crippen LogP contribution in [-0.2, 0) is 11.2 Å². The summed E-state index contributed by atoms with van der Waals surface area (Å²) in [5.74, 6) is 0.697. The van der Waals surface area contributed by atoms with Crippen molar-refractivity contribution < 1.29 is 4.79 Å². The number of rotatable bonds is 6. The summed E-state index contributed by atoms with van der Waals surface area (Å²) in [6, 6.07) is 9.14. The molecule has 130 valence electrons. The van der Waals surface area contributed by atoms with Gasteiger partial charge in [-0.1, -0.05) is 38.1 Å². The fraction of sp³-hybridized carbons (Fsp3) is 0.611. The van der Waals surface area contributed by atoms with E-state index < -0.39 is 0 Å². The predicted molar refractivity (Wildman–Crippen MR) is 98.4 cm³/mol. The van der Waals surface area contributed by atoms with E-state index in [1.807, 2.05) is 0 Å². The Hall–Kier alpha value is -1.10. The van der Waals surface area contributed by atoms with E-state index in [0.29, 0.717) is 25.0 Å². The monoisotopic (exact) mass is 339 g/mol. The highest BCUT2D eigenvalue weighted by atomic mass is 35.5. The molecule has 0 radical (unpaired) electrons. The molecule has 1 saturated heterocycles. The first-order valence-electron chi connectivity index (χ1n) is 8.36. The molecule has 1 aromatic rings. The number of amides is 1. The third-order valence-electron chi connectivity index (χ3n) is 4.37. The molecule has 0 bridgehead atoms. The van der Waals surface area contributed by atoms with Crippen LogP contribution in [0.2, 0.25) is 0 Å². The van der Waals surface area contributed by atoms with E-state index in [1.54, 1.807) is 0 Å². The lowest BCUT2D eigenvalue weighted by molar-refractivity contribution is -0.122. The van der Waals surface area contributed by atoms with E-state index in [2.05, 4.69) is 60.6 Å². The number of hydrogen-bond acceptors (Lipinski definition) is 3. The van der Waals surface area contributed by atoms with Gasteiger partial charge in [-0.25, -0.2) is 0 Å². The van der Waals surface area contributed by atoms with E-state index in [9.17, 15) is 4.79 Å². The summed E-state index contributed by atoms with van der Waals surface area (Å²) in [4.78, 5) is 14.3. The van der Waals surface area contributed by atoms with Gasteiger partial charge in [0.1, 0.15) is 0 Å². The first-order valence-corrected chi connectivity index (χ1v) is 8.36. The van der Waals surface area contributed by atoms with E-state index in [0.717, 1.165) is 26.1 Å². The minimum atomic E-state index is 0. The summed E-state index contributed by atoms with van der Waals surface area (Å²) in [6.45, 7) is 10.7. The van der Waals surface area contributed by atoms with Gasteiger partial charge in [0.2, 0.25) is 5.91 Å². The molecule has 1 heterocycles. The van der Waals surface area contributed by atoms with Crippen molar-refractivity contribution in [2.24, 2.45) is 0 Å².